The number of carbonyl (C=O) groups is 4. The van der Waals surface area contributed by atoms with Crippen molar-refractivity contribution in [1.82, 2.24) is 35.7 Å². The van der Waals surface area contributed by atoms with Gasteiger partial charge in [0, 0.05) is 32.2 Å². The summed E-state index contributed by atoms with van der Waals surface area (Å²) in [6, 6.07) is 7.40. The smallest absolute Gasteiger partial charge is 0.408 e. The highest BCUT2D eigenvalue weighted by Crippen LogP contribution is 2.49. The van der Waals surface area contributed by atoms with Gasteiger partial charge in [-0.25, -0.2) is 9.48 Å². The van der Waals surface area contributed by atoms with Crippen LogP contribution in [-0.4, -0.2) is 97.0 Å². The Kier molecular flexibility index (Phi) is 9.20. The van der Waals surface area contributed by atoms with Gasteiger partial charge < -0.3 is 30.1 Å². The van der Waals surface area contributed by atoms with Crippen LogP contribution in [-0.2, 0) is 30.9 Å². The Labute approximate surface area is 238 Å². The van der Waals surface area contributed by atoms with E-state index >= 15 is 0 Å². The van der Waals surface area contributed by atoms with Crippen molar-refractivity contribution in [3.05, 3.63) is 35.9 Å². The molecule has 3 heterocycles. The Morgan fingerprint density at radius 2 is 2.05 bits per heavy atom. The summed E-state index contributed by atoms with van der Waals surface area (Å²) in [6.07, 6.45) is 0.750. The number of unbranched alkanes of at least 4 members (excludes halogenated alkanes) is 1. The highest BCUT2D eigenvalue weighted by Gasteiger charge is 2.67. The molecule has 3 amide bonds. The van der Waals surface area contributed by atoms with Crippen molar-refractivity contribution in [3.63, 3.8) is 0 Å². The Morgan fingerprint density at radius 1 is 1.30 bits per heavy atom. The highest BCUT2D eigenvalue weighted by atomic mass is 32.2. The molecule has 0 saturated carbocycles. The lowest BCUT2D eigenvalue weighted by Gasteiger charge is -2.59. The fraction of sp³-hybridized carbons (Fsp3) is 0.542. The lowest BCUT2D eigenvalue weighted by atomic mass is 9.88. The van der Waals surface area contributed by atoms with Crippen LogP contribution >= 0.6 is 23.5 Å². The van der Waals surface area contributed by atoms with Crippen LogP contribution in [0.1, 0.15) is 31.4 Å². The number of amides is 3. The number of tetrazole rings is 1. The summed E-state index contributed by atoms with van der Waals surface area (Å²) in [6.45, 7) is 2.08. The predicted octanol–water partition coefficient (Wildman–Crippen LogP) is 1.01. The lowest BCUT2D eigenvalue weighted by molar-refractivity contribution is -0.200. The Hall–Kier alpha value is -3.37. The van der Waals surface area contributed by atoms with E-state index in [1.54, 1.807) is 37.4 Å². The number of aliphatic carboxylic acids is 1. The van der Waals surface area contributed by atoms with Gasteiger partial charge in [-0.05, 0) is 22.4 Å². The average Bonchev–Trinajstić information content (AvgIpc) is 3.38. The van der Waals surface area contributed by atoms with E-state index in [0.717, 1.165) is 6.42 Å². The van der Waals surface area contributed by atoms with E-state index in [-0.39, 0.29) is 24.7 Å². The molecule has 2 fully saturated rings. The number of ether oxygens (including phenoxy) is 2. The zero-order chi connectivity index (χ0) is 28.9. The number of carboxylic acids is 1. The molecule has 216 valence electrons. The summed E-state index contributed by atoms with van der Waals surface area (Å²) in [5, 5.41) is 26.4. The molecule has 3 N–H and O–H groups in total. The largest absolute Gasteiger partial charge is 0.481 e. The summed E-state index contributed by atoms with van der Waals surface area (Å²) < 4.78 is 12.2. The van der Waals surface area contributed by atoms with E-state index in [0.29, 0.717) is 17.1 Å². The van der Waals surface area contributed by atoms with Gasteiger partial charge in [-0.1, -0.05) is 55.4 Å². The number of aromatic nitrogens is 4. The van der Waals surface area contributed by atoms with Crippen molar-refractivity contribution in [2.45, 2.75) is 42.1 Å². The zero-order valence-corrected chi connectivity index (χ0v) is 23.9. The van der Waals surface area contributed by atoms with Gasteiger partial charge in [-0.3, -0.25) is 14.4 Å². The number of nitrogens with zero attached hydrogens (tertiary/aromatic N) is 5. The topological polar surface area (TPSA) is 178 Å². The van der Waals surface area contributed by atoms with Gasteiger partial charge in [0.25, 0.3) is 11.6 Å². The molecule has 40 heavy (non-hydrogen) atoms. The normalized spacial score (nSPS) is 24.4. The fourth-order valence-electron chi connectivity index (χ4n) is 4.40. The third kappa shape index (κ3) is 5.74. The SMILES string of the molecule is CCCCOC(=O)NC(C(=O)NC1(OC)C(=O)N2CC(CSc3nnnn3C)(C(=O)O)CS[C@@H]21)c1ccccc1. The number of thioether (sulfide) groups is 2. The van der Waals surface area contributed by atoms with Gasteiger partial charge in [0.15, 0.2) is 0 Å². The number of nitrogens with one attached hydrogen (secondary N) is 2. The molecule has 0 spiro atoms. The molecular weight excluding hydrogens is 562 g/mol. The van der Waals surface area contributed by atoms with Gasteiger partial charge in [-0.2, -0.15) is 0 Å². The van der Waals surface area contributed by atoms with E-state index < -0.39 is 46.4 Å². The van der Waals surface area contributed by atoms with Crippen LogP contribution in [0.4, 0.5) is 4.79 Å². The number of fused-ring (bicyclic) bond motifs is 1. The first-order chi connectivity index (χ1) is 19.2. The number of hydrogen-bond acceptors (Lipinski definition) is 11. The zero-order valence-electron chi connectivity index (χ0n) is 22.2. The quantitative estimate of drug-likeness (QED) is 0.138. The van der Waals surface area contributed by atoms with Crippen LogP contribution in [0.5, 0.6) is 0 Å². The third-order valence-corrected chi connectivity index (χ3v) is 9.65. The van der Waals surface area contributed by atoms with Crippen molar-refractivity contribution < 1.29 is 33.8 Å². The summed E-state index contributed by atoms with van der Waals surface area (Å²) in [5.74, 6) is -2.02. The summed E-state index contributed by atoms with van der Waals surface area (Å²) in [7, 11) is 2.95. The molecule has 14 nitrogen and oxygen atoms in total. The van der Waals surface area contributed by atoms with Gasteiger partial charge in [0.2, 0.25) is 11.1 Å². The maximum Gasteiger partial charge on any atom is 0.408 e. The average molecular weight is 594 g/mol. The number of hydrogen-bond donors (Lipinski definition) is 3. The molecular formula is C24H31N7O7S2. The molecule has 0 radical (unpaired) electrons. The molecule has 3 unspecified atom stereocenters. The Bertz CT molecular complexity index is 1250. The third-order valence-electron chi connectivity index (χ3n) is 6.73. The van der Waals surface area contributed by atoms with E-state index in [1.165, 1.54) is 40.2 Å². The van der Waals surface area contributed by atoms with E-state index in [9.17, 15) is 24.3 Å². The van der Waals surface area contributed by atoms with Crippen molar-refractivity contribution in [2.75, 3.05) is 31.8 Å². The molecule has 2 aliphatic rings. The van der Waals surface area contributed by atoms with E-state index in [4.69, 9.17) is 9.47 Å². The van der Waals surface area contributed by atoms with Crippen molar-refractivity contribution in [1.29, 1.82) is 0 Å². The van der Waals surface area contributed by atoms with Gasteiger partial charge in [0.1, 0.15) is 16.8 Å². The molecule has 2 saturated heterocycles. The second kappa shape index (κ2) is 12.4. The lowest BCUT2D eigenvalue weighted by Crippen LogP contribution is -2.83. The first-order valence-electron chi connectivity index (χ1n) is 12.5. The van der Waals surface area contributed by atoms with E-state index in [1.807, 2.05) is 6.92 Å². The van der Waals surface area contributed by atoms with Crippen LogP contribution in [0.3, 0.4) is 0 Å². The van der Waals surface area contributed by atoms with Crippen molar-refractivity contribution in [3.8, 4) is 0 Å². The van der Waals surface area contributed by atoms with Crippen molar-refractivity contribution >= 4 is 47.4 Å². The minimum absolute atomic E-state index is 0.0811. The number of carboxylic acid groups (broad SMARTS) is 1. The summed E-state index contributed by atoms with van der Waals surface area (Å²) in [5.41, 5.74) is -2.51. The molecule has 1 aromatic heterocycles. The summed E-state index contributed by atoms with van der Waals surface area (Å²) >= 11 is 2.39. The van der Waals surface area contributed by atoms with Crippen LogP contribution in [0.15, 0.2) is 35.5 Å². The molecule has 4 rings (SSSR count). The van der Waals surface area contributed by atoms with Crippen LogP contribution in [0.25, 0.3) is 0 Å². The number of aryl methyl sites for hydroxylation is 1. The van der Waals surface area contributed by atoms with Crippen LogP contribution in [0.2, 0.25) is 0 Å². The Morgan fingerprint density at radius 3 is 2.67 bits per heavy atom. The maximum atomic E-state index is 13.5. The Balaban J connectivity index is 1.49. The molecule has 16 heteroatoms. The van der Waals surface area contributed by atoms with Gasteiger partial charge in [-0.15, -0.1) is 16.9 Å². The first kappa shape index (κ1) is 29.6. The molecule has 1 aromatic carbocycles. The summed E-state index contributed by atoms with van der Waals surface area (Å²) in [4.78, 5) is 53.2. The number of alkyl carbamates (subject to hydrolysis) is 1. The first-order valence-corrected chi connectivity index (χ1v) is 14.6. The molecule has 2 aromatic rings. The van der Waals surface area contributed by atoms with E-state index in [2.05, 4.69) is 26.2 Å². The van der Waals surface area contributed by atoms with Crippen molar-refractivity contribution in [2.24, 2.45) is 12.5 Å². The van der Waals surface area contributed by atoms with Gasteiger partial charge in [0.05, 0.1) is 6.61 Å². The predicted molar refractivity (Wildman–Crippen MR) is 144 cm³/mol. The number of benzene rings is 1. The van der Waals surface area contributed by atoms with Gasteiger partial charge >= 0.3 is 12.1 Å². The standard InChI is InChI=1S/C24H31N7O7S2/c1-4-5-11-38-22(36)25-16(15-9-7-6-8-10-15)17(32)26-24(37-3)18(33)31-12-23(20(34)35,13-39-19(24)31)14-40-21-27-28-29-30(21)2/h6-10,16,19H,4-5,11-14H2,1-3H3,(H,25,36)(H,26,32)(H,34,35)/t16?,19-,23?,24?/m1/s1. The molecule has 0 bridgehead atoms. The molecule has 4 atom stereocenters. The number of carbonyl (C=O) groups excluding carboxylic acids is 3. The molecule has 2 aliphatic heterocycles. The fourth-order valence-corrected chi connectivity index (χ4v) is 7.20. The van der Waals surface area contributed by atoms with Crippen LogP contribution < -0.4 is 10.6 Å². The van der Waals surface area contributed by atoms with Crippen LogP contribution in [0, 0.1) is 5.41 Å². The second-order valence-corrected chi connectivity index (χ2v) is 11.5. The molecule has 0 aliphatic carbocycles. The number of rotatable bonds is 12. The maximum absolute atomic E-state index is 13.5. The number of methoxy groups -OCH3 is 1. The number of β-lactam (4-membered cyclic amide) rings is 1. The monoisotopic (exact) mass is 593 g/mol. The second-order valence-electron chi connectivity index (χ2n) is 9.46. The minimum Gasteiger partial charge on any atom is -0.481 e. The minimum atomic E-state index is -1.73. The highest BCUT2D eigenvalue weighted by molar-refractivity contribution is 8.00.